The monoisotopic (exact) mass is 128 g/mol. The van der Waals surface area contributed by atoms with E-state index in [9.17, 15) is 4.39 Å². The van der Waals surface area contributed by atoms with Crippen LogP contribution < -0.4 is 11.5 Å². The molecule has 0 atom stereocenters. The summed E-state index contributed by atoms with van der Waals surface area (Å²) in [5.41, 5.74) is 10.0. The minimum Gasteiger partial charge on any atom is -0.310 e. The fourth-order valence-corrected chi connectivity index (χ4v) is 0.645. The number of halogens is 1. The molecule has 3 heteroatoms. The van der Waals surface area contributed by atoms with Gasteiger partial charge in [-0.3, -0.25) is 0 Å². The van der Waals surface area contributed by atoms with Gasteiger partial charge in [-0.15, -0.1) is 0 Å². The molecule has 0 radical (unpaired) electrons. The minimum atomic E-state index is -0.838. The highest BCUT2D eigenvalue weighted by atomic mass is 19.1. The zero-order valence-corrected chi connectivity index (χ0v) is 4.97. The van der Waals surface area contributed by atoms with Gasteiger partial charge in [0.05, 0.1) is 5.66 Å². The second-order valence-electron chi connectivity index (χ2n) is 2.24. The molecule has 0 spiro atoms. The van der Waals surface area contributed by atoms with Crippen molar-refractivity contribution in [2.75, 3.05) is 0 Å². The minimum absolute atomic E-state index is 0.262. The highest BCUT2D eigenvalue weighted by Gasteiger charge is 2.16. The summed E-state index contributed by atoms with van der Waals surface area (Å²) in [4.78, 5) is 0. The fourth-order valence-electron chi connectivity index (χ4n) is 0.645. The van der Waals surface area contributed by atoms with Gasteiger partial charge in [-0.1, -0.05) is 0 Å². The van der Waals surface area contributed by atoms with Crippen molar-refractivity contribution in [1.82, 2.24) is 0 Å². The van der Waals surface area contributed by atoms with Gasteiger partial charge in [-0.2, -0.15) is 0 Å². The summed E-state index contributed by atoms with van der Waals surface area (Å²) in [6.45, 7) is 0. The van der Waals surface area contributed by atoms with Crippen molar-refractivity contribution < 1.29 is 4.39 Å². The van der Waals surface area contributed by atoms with Gasteiger partial charge >= 0.3 is 0 Å². The maximum atomic E-state index is 12.2. The molecule has 1 rings (SSSR count). The molecule has 0 aromatic rings. The molecule has 0 saturated carbocycles. The van der Waals surface area contributed by atoms with Crippen LogP contribution in [0, 0.1) is 0 Å². The van der Waals surface area contributed by atoms with Crippen LogP contribution in [0.15, 0.2) is 24.1 Å². The summed E-state index contributed by atoms with van der Waals surface area (Å²) in [6.07, 6.45) is 4.49. The Kier molecular flexibility index (Phi) is 1.38. The zero-order valence-electron chi connectivity index (χ0n) is 4.97. The molecule has 0 fully saturated rings. The van der Waals surface area contributed by atoms with Crippen molar-refractivity contribution in [1.29, 1.82) is 0 Å². The van der Waals surface area contributed by atoms with Crippen molar-refractivity contribution in [3.63, 3.8) is 0 Å². The Morgan fingerprint density at radius 2 is 2.22 bits per heavy atom. The lowest BCUT2D eigenvalue weighted by atomic mass is 10.0. The topological polar surface area (TPSA) is 52.0 Å². The number of nitrogens with two attached hydrogens (primary N) is 2. The van der Waals surface area contributed by atoms with Crippen LogP contribution in [-0.4, -0.2) is 5.66 Å². The van der Waals surface area contributed by atoms with Crippen LogP contribution in [0.2, 0.25) is 0 Å². The summed E-state index contributed by atoms with van der Waals surface area (Å²) in [5, 5.41) is 0. The second kappa shape index (κ2) is 1.93. The number of allylic oxidation sites excluding steroid dienone is 2. The molecule has 0 saturated heterocycles. The molecule has 50 valence electrons. The predicted molar refractivity (Wildman–Crippen MR) is 34.1 cm³/mol. The predicted octanol–water partition coefficient (Wildman–Crippen LogP) is 0.413. The molecule has 1 aliphatic rings. The van der Waals surface area contributed by atoms with Crippen molar-refractivity contribution >= 4 is 0 Å². The molecule has 0 bridgehead atoms. The van der Waals surface area contributed by atoms with E-state index in [4.69, 9.17) is 11.5 Å². The summed E-state index contributed by atoms with van der Waals surface area (Å²) < 4.78 is 12.2. The first kappa shape index (κ1) is 6.45. The standard InChI is InChI=1S/C6H9FN2/c7-5-1-3-6(8,9)4-2-5/h1-3H,4,8-9H2. The average Bonchev–Trinajstić information content (AvgIpc) is 1.78. The third-order valence-electron chi connectivity index (χ3n) is 1.20. The van der Waals surface area contributed by atoms with Crippen molar-refractivity contribution in [3.8, 4) is 0 Å². The maximum absolute atomic E-state index is 12.2. The van der Waals surface area contributed by atoms with Crippen LogP contribution in [0.25, 0.3) is 0 Å². The Morgan fingerprint density at radius 3 is 2.56 bits per heavy atom. The van der Waals surface area contributed by atoms with Crippen LogP contribution >= 0.6 is 0 Å². The largest absolute Gasteiger partial charge is 0.310 e. The van der Waals surface area contributed by atoms with E-state index in [1.165, 1.54) is 18.2 Å². The molecule has 4 N–H and O–H groups in total. The molecular formula is C6H9FN2. The van der Waals surface area contributed by atoms with Gasteiger partial charge in [0, 0.05) is 6.42 Å². The molecule has 1 aliphatic carbocycles. The van der Waals surface area contributed by atoms with E-state index in [0.29, 0.717) is 6.42 Å². The Hall–Kier alpha value is -0.670. The SMILES string of the molecule is NC1(N)C=CC(F)=CC1. The van der Waals surface area contributed by atoms with Gasteiger partial charge < -0.3 is 11.5 Å². The molecule has 0 amide bonds. The Bertz CT molecular complexity index is 170. The van der Waals surface area contributed by atoms with Gasteiger partial charge in [0.1, 0.15) is 5.83 Å². The van der Waals surface area contributed by atoms with Gasteiger partial charge in [-0.05, 0) is 18.2 Å². The third-order valence-corrected chi connectivity index (χ3v) is 1.20. The first-order valence-electron chi connectivity index (χ1n) is 2.73. The lowest BCUT2D eigenvalue weighted by molar-refractivity contribution is 0.533. The fraction of sp³-hybridized carbons (Fsp3) is 0.333. The molecule has 0 aromatic heterocycles. The van der Waals surface area contributed by atoms with Gasteiger partial charge in [0.2, 0.25) is 0 Å². The lowest BCUT2D eigenvalue weighted by Gasteiger charge is -2.20. The molecule has 2 nitrogen and oxygen atoms in total. The van der Waals surface area contributed by atoms with Crippen molar-refractivity contribution in [2.45, 2.75) is 12.1 Å². The van der Waals surface area contributed by atoms with Gasteiger partial charge in [0.15, 0.2) is 0 Å². The van der Waals surface area contributed by atoms with Crippen LogP contribution in [0.5, 0.6) is 0 Å². The highest BCUT2D eigenvalue weighted by Crippen LogP contribution is 2.13. The van der Waals surface area contributed by atoms with E-state index < -0.39 is 5.66 Å². The molecular weight excluding hydrogens is 119 g/mol. The Labute approximate surface area is 53.0 Å². The van der Waals surface area contributed by atoms with E-state index in [1.807, 2.05) is 0 Å². The summed E-state index contributed by atoms with van der Waals surface area (Å²) in [7, 11) is 0. The van der Waals surface area contributed by atoms with Gasteiger partial charge in [0.25, 0.3) is 0 Å². The van der Waals surface area contributed by atoms with E-state index in [0.717, 1.165) is 0 Å². The van der Waals surface area contributed by atoms with E-state index in [2.05, 4.69) is 0 Å². The molecule has 9 heavy (non-hydrogen) atoms. The van der Waals surface area contributed by atoms with Crippen LogP contribution in [-0.2, 0) is 0 Å². The first-order valence-corrected chi connectivity index (χ1v) is 2.73. The summed E-state index contributed by atoms with van der Waals surface area (Å²) in [6, 6.07) is 0. The van der Waals surface area contributed by atoms with Crippen molar-refractivity contribution in [2.24, 2.45) is 11.5 Å². The lowest BCUT2D eigenvalue weighted by Crippen LogP contribution is -2.47. The third kappa shape index (κ3) is 1.62. The van der Waals surface area contributed by atoms with Crippen LogP contribution in [0.3, 0.4) is 0 Å². The molecule has 0 unspecified atom stereocenters. The van der Waals surface area contributed by atoms with Crippen molar-refractivity contribution in [3.05, 3.63) is 24.1 Å². The van der Waals surface area contributed by atoms with E-state index >= 15 is 0 Å². The normalized spacial score (nSPS) is 23.7. The second-order valence-corrected chi connectivity index (χ2v) is 2.24. The molecule has 0 heterocycles. The zero-order chi connectivity index (χ0) is 6.91. The Balaban J connectivity index is 2.70. The number of hydrogen-bond donors (Lipinski definition) is 2. The first-order chi connectivity index (χ1) is 4.10. The maximum Gasteiger partial charge on any atom is 0.119 e. The van der Waals surface area contributed by atoms with Gasteiger partial charge in [-0.25, -0.2) is 4.39 Å². The quantitative estimate of drug-likeness (QED) is 0.464. The molecule has 0 aliphatic heterocycles. The average molecular weight is 128 g/mol. The van der Waals surface area contributed by atoms with Crippen LogP contribution in [0.1, 0.15) is 6.42 Å². The van der Waals surface area contributed by atoms with Crippen LogP contribution in [0.4, 0.5) is 4.39 Å². The highest BCUT2D eigenvalue weighted by molar-refractivity contribution is 5.22. The number of hydrogen-bond acceptors (Lipinski definition) is 2. The number of rotatable bonds is 0. The summed E-state index contributed by atoms with van der Waals surface area (Å²) >= 11 is 0. The molecule has 0 aromatic carbocycles. The Morgan fingerprint density at radius 1 is 1.56 bits per heavy atom. The van der Waals surface area contributed by atoms with E-state index in [1.54, 1.807) is 0 Å². The smallest absolute Gasteiger partial charge is 0.119 e. The summed E-state index contributed by atoms with van der Waals surface area (Å²) in [5.74, 6) is -0.262. The van der Waals surface area contributed by atoms with E-state index in [-0.39, 0.29) is 5.83 Å².